The largest absolute Gasteiger partial charge is 0.481 e. The molecule has 0 aromatic heterocycles. The molecule has 1 aliphatic rings. The van der Waals surface area contributed by atoms with E-state index >= 15 is 0 Å². The first-order valence-corrected chi connectivity index (χ1v) is 9.62. The molecular formula is C20H26N4O6. The maximum atomic E-state index is 12.6. The molecule has 1 aliphatic heterocycles. The van der Waals surface area contributed by atoms with Crippen molar-refractivity contribution in [2.45, 2.75) is 38.1 Å². The molecule has 10 nitrogen and oxygen atoms in total. The fourth-order valence-electron chi connectivity index (χ4n) is 3.43. The van der Waals surface area contributed by atoms with E-state index in [1.54, 1.807) is 4.90 Å². The standard InChI is InChI=1S/C20H26N4O6/c21-19(22)13-1-3-14(4-2-13)20(30)23-15(11-18(28)29)10-16(25)24-7-5-12(6-8-24)9-17(26)27/h1-4,12,15H,5-11H2,(H3,21,22)(H,23,30)(H,26,27)(H,28,29)/t15-/m0/s1. The molecule has 0 bridgehead atoms. The third-order valence-corrected chi connectivity index (χ3v) is 5.07. The van der Waals surface area contributed by atoms with E-state index in [2.05, 4.69) is 5.32 Å². The van der Waals surface area contributed by atoms with Crippen molar-refractivity contribution in [2.75, 3.05) is 13.1 Å². The van der Waals surface area contributed by atoms with Crippen LogP contribution in [-0.2, 0) is 14.4 Å². The Morgan fingerprint density at radius 3 is 2.10 bits per heavy atom. The number of hydrogen-bond acceptors (Lipinski definition) is 5. The van der Waals surface area contributed by atoms with Gasteiger partial charge in [0.15, 0.2) is 0 Å². The van der Waals surface area contributed by atoms with E-state index in [0.29, 0.717) is 31.5 Å². The maximum Gasteiger partial charge on any atom is 0.305 e. The third-order valence-electron chi connectivity index (χ3n) is 5.07. The average Bonchev–Trinajstić information content (AvgIpc) is 2.67. The first kappa shape index (κ1) is 22.9. The minimum absolute atomic E-state index is 0.0269. The summed E-state index contributed by atoms with van der Waals surface area (Å²) in [6.45, 7) is 0.827. The summed E-state index contributed by atoms with van der Waals surface area (Å²) in [4.78, 5) is 48.6. The summed E-state index contributed by atoms with van der Waals surface area (Å²) in [6, 6.07) is 5.08. The van der Waals surface area contributed by atoms with Crippen molar-refractivity contribution < 1.29 is 29.4 Å². The van der Waals surface area contributed by atoms with Crippen LogP contribution in [0, 0.1) is 11.3 Å². The second-order valence-corrected chi connectivity index (χ2v) is 7.39. The van der Waals surface area contributed by atoms with E-state index in [0.717, 1.165) is 0 Å². The zero-order chi connectivity index (χ0) is 22.3. The molecule has 0 spiro atoms. The molecule has 1 heterocycles. The number of piperidine rings is 1. The number of rotatable bonds is 9. The van der Waals surface area contributed by atoms with Crippen LogP contribution < -0.4 is 11.1 Å². The summed E-state index contributed by atoms with van der Waals surface area (Å²) >= 11 is 0. The lowest BCUT2D eigenvalue weighted by atomic mass is 9.93. The van der Waals surface area contributed by atoms with Gasteiger partial charge in [-0.25, -0.2) is 0 Å². The van der Waals surface area contributed by atoms with Gasteiger partial charge in [0.25, 0.3) is 5.91 Å². The van der Waals surface area contributed by atoms with Crippen LogP contribution in [0.4, 0.5) is 0 Å². The topological polar surface area (TPSA) is 174 Å². The highest BCUT2D eigenvalue weighted by Gasteiger charge is 2.27. The summed E-state index contributed by atoms with van der Waals surface area (Å²) in [6.07, 6.45) is 0.667. The lowest BCUT2D eigenvalue weighted by Crippen LogP contribution is -2.44. The quantitative estimate of drug-likeness (QED) is 0.289. The predicted octanol–water partition coefficient (Wildman–Crippen LogP) is 0.647. The first-order valence-electron chi connectivity index (χ1n) is 9.62. The third kappa shape index (κ3) is 6.87. The van der Waals surface area contributed by atoms with Gasteiger partial charge in [0.05, 0.1) is 6.42 Å². The molecule has 1 atom stereocenters. The monoisotopic (exact) mass is 418 g/mol. The fraction of sp³-hybridized carbons (Fsp3) is 0.450. The zero-order valence-corrected chi connectivity index (χ0v) is 16.5. The Morgan fingerprint density at radius 1 is 1.03 bits per heavy atom. The number of carboxylic acids is 2. The zero-order valence-electron chi connectivity index (χ0n) is 16.5. The number of hydrogen-bond donors (Lipinski definition) is 5. The van der Waals surface area contributed by atoms with Crippen LogP contribution in [0.3, 0.4) is 0 Å². The normalized spacial score (nSPS) is 15.3. The van der Waals surface area contributed by atoms with Crippen molar-refractivity contribution >= 4 is 29.6 Å². The molecule has 0 unspecified atom stereocenters. The number of amidine groups is 1. The van der Waals surface area contributed by atoms with Crippen molar-refractivity contribution in [3.63, 3.8) is 0 Å². The molecule has 1 fully saturated rings. The molecule has 2 amide bonds. The number of nitrogen functional groups attached to an aromatic ring is 1. The molecule has 1 aromatic rings. The van der Waals surface area contributed by atoms with Gasteiger partial charge in [0, 0.05) is 43.1 Å². The van der Waals surface area contributed by atoms with Gasteiger partial charge in [-0.15, -0.1) is 0 Å². The number of likely N-dealkylation sites (tertiary alicyclic amines) is 1. The van der Waals surface area contributed by atoms with Crippen LogP contribution in [0.1, 0.15) is 48.0 Å². The van der Waals surface area contributed by atoms with Crippen LogP contribution in [0.25, 0.3) is 0 Å². The molecule has 1 aromatic carbocycles. The van der Waals surface area contributed by atoms with Gasteiger partial charge in [-0.1, -0.05) is 12.1 Å². The summed E-state index contributed by atoms with van der Waals surface area (Å²) in [7, 11) is 0. The van der Waals surface area contributed by atoms with Gasteiger partial charge in [-0.3, -0.25) is 24.6 Å². The molecule has 0 saturated carbocycles. The van der Waals surface area contributed by atoms with Crippen LogP contribution in [0.2, 0.25) is 0 Å². The molecule has 0 aliphatic carbocycles. The molecule has 162 valence electrons. The summed E-state index contributed by atoms with van der Waals surface area (Å²) in [5.74, 6) is -2.91. The molecule has 1 saturated heterocycles. The SMILES string of the molecule is N=C(N)c1ccc(C(=O)N[C@H](CC(=O)O)CC(=O)N2CCC(CC(=O)O)CC2)cc1. The summed E-state index contributed by atoms with van der Waals surface area (Å²) < 4.78 is 0. The number of benzene rings is 1. The van der Waals surface area contributed by atoms with Crippen LogP contribution in [-0.4, -0.2) is 63.8 Å². The number of carbonyl (C=O) groups excluding carboxylic acids is 2. The van der Waals surface area contributed by atoms with Crippen LogP contribution >= 0.6 is 0 Å². The van der Waals surface area contributed by atoms with Gasteiger partial charge in [-0.05, 0) is 30.9 Å². The molecule has 0 radical (unpaired) electrons. The number of nitrogens with one attached hydrogen (secondary N) is 2. The van der Waals surface area contributed by atoms with Gasteiger partial charge in [-0.2, -0.15) is 0 Å². The van der Waals surface area contributed by atoms with E-state index in [9.17, 15) is 19.2 Å². The predicted molar refractivity (Wildman–Crippen MR) is 107 cm³/mol. The Hall–Kier alpha value is -3.43. The number of aliphatic carboxylic acids is 2. The molecular weight excluding hydrogens is 392 g/mol. The smallest absolute Gasteiger partial charge is 0.305 e. The van der Waals surface area contributed by atoms with Crippen LogP contribution in [0.5, 0.6) is 0 Å². The van der Waals surface area contributed by atoms with E-state index in [4.69, 9.17) is 21.4 Å². The Labute approximate surface area is 173 Å². The Kier molecular flexibility index (Phi) is 7.90. The second-order valence-electron chi connectivity index (χ2n) is 7.39. The Bertz CT molecular complexity index is 815. The second kappa shape index (κ2) is 10.4. The number of carboxylic acid groups (broad SMARTS) is 2. The van der Waals surface area contributed by atoms with Gasteiger partial charge in [0.1, 0.15) is 5.84 Å². The summed E-state index contributed by atoms with van der Waals surface area (Å²) in [5.41, 5.74) is 6.09. The lowest BCUT2D eigenvalue weighted by Gasteiger charge is -2.32. The number of amides is 2. The van der Waals surface area contributed by atoms with Gasteiger partial charge < -0.3 is 26.2 Å². The molecule has 6 N–H and O–H groups in total. The van der Waals surface area contributed by atoms with Gasteiger partial charge in [0.2, 0.25) is 5.91 Å². The number of nitrogens with zero attached hydrogens (tertiary/aromatic N) is 1. The van der Waals surface area contributed by atoms with E-state index < -0.39 is 30.3 Å². The highest BCUT2D eigenvalue weighted by atomic mass is 16.4. The summed E-state index contributed by atoms with van der Waals surface area (Å²) in [5, 5.41) is 28.0. The molecule has 2 rings (SSSR count). The highest BCUT2D eigenvalue weighted by molar-refractivity contribution is 5.98. The van der Waals surface area contributed by atoms with Crippen molar-refractivity contribution in [3.05, 3.63) is 35.4 Å². The van der Waals surface area contributed by atoms with Crippen molar-refractivity contribution in [1.82, 2.24) is 10.2 Å². The molecule has 10 heteroatoms. The Balaban J connectivity index is 1.95. The Morgan fingerprint density at radius 2 is 1.60 bits per heavy atom. The van der Waals surface area contributed by atoms with E-state index in [-0.39, 0.29) is 36.1 Å². The number of carbonyl (C=O) groups is 4. The van der Waals surface area contributed by atoms with Crippen molar-refractivity contribution in [2.24, 2.45) is 11.7 Å². The minimum Gasteiger partial charge on any atom is -0.481 e. The van der Waals surface area contributed by atoms with E-state index in [1.165, 1.54) is 24.3 Å². The first-order chi connectivity index (χ1) is 14.2. The van der Waals surface area contributed by atoms with Crippen LogP contribution in [0.15, 0.2) is 24.3 Å². The minimum atomic E-state index is -1.14. The van der Waals surface area contributed by atoms with E-state index in [1.807, 2.05) is 0 Å². The van der Waals surface area contributed by atoms with Crippen molar-refractivity contribution in [1.29, 1.82) is 5.41 Å². The lowest BCUT2D eigenvalue weighted by molar-refractivity contribution is -0.139. The van der Waals surface area contributed by atoms with Crippen molar-refractivity contribution in [3.8, 4) is 0 Å². The average molecular weight is 418 g/mol. The van der Waals surface area contributed by atoms with Gasteiger partial charge >= 0.3 is 11.9 Å². The highest BCUT2D eigenvalue weighted by Crippen LogP contribution is 2.21. The fourth-order valence-corrected chi connectivity index (χ4v) is 3.43. The maximum absolute atomic E-state index is 12.6. The number of nitrogens with two attached hydrogens (primary N) is 1. The molecule has 30 heavy (non-hydrogen) atoms.